The minimum absolute atomic E-state index is 0.595. The maximum atomic E-state index is 14.3. The van der Waals surface area contributed by atoms with E-state index in [0.29, 0.717) is 25.9 Å². The van der Waals surface area contributed by atoms with Gasteiger partial charge in [0.1, 0.15) is 11.3 Å². The van der Waals surface area contributed by atoms with Crippen molar-refractivity contribution in [3.63, 3.8) is 0 Å². The molecule has 0 aromatic rings. The number of piperidine rings is 1. The zero-order valence-corrected chi connectivity index (χ0v) is 17.4. The standard InChI is InChI=1S/C11H20FNO.C10H19FN2O/c12-11(4-2-1-3-5-11)10-13-6-8-14-9-7-13;11-10(1-3-12-4-2-10)9-13-5-7-14-8-6-13/h1-10H2;12H,1-9H2. The van der Waals surface area contributed by atoms with Gasteiger partial charge in [0.2, 0.25) is 0 Å². The van der Waals surface area contributed by atoms with E-state index >= 15 is 0 Å². The summed E-state index contributed by atoms with van der Waals surface area (Å²) in [6.07, 6.45) is 6.21. The fourth-order valence-electron chi connectivity index (χ4n) is 4.70. The first-order chi connectivity index (χ1) is 13.6. The second-order valence-corrected chi connectivity index (χ2v) is 8.89. The molecule has 0 atom stereocenters. The van der Waals surface area contributed by atoms with Crippen molar-refractivity contribution in [2.75, 3.05) is 78.8 Å². The molecule has 164 valence electrons. The molecule has 0 spiro atoms. The molecule has 3 heterocycles. The van der Waals surface area contributed by atoms with Crippen LogP contribution < -0.4 is 5.32 Å². The molecule has 4 aliphatic rings. The van der Waals surface area contributed by atoms with E-state index in [9.17, 15) is 8.78 Å². The summed E-state index contributed by atoms with van der Waals surface area (Å²) in [5, 5.41) is 3.19. The molecular weight excluding hydrogens is 364 g/mol. The predicted molar refractivity (Wildman–Crippen MR) is 107 cm³/mol. The molecule has 5 nitrogen and oxygen atoms in total. The molecule has 1 aliphatic carbocycles. The van der Waals surface area contributed by atoms with Crippen molar-refractivity contribution in [1.82, 2.24) is 15.1 Å². The topological polar surface area (TPSA) is 37.0 Å². The number of nitrogens with zero attached hydrogens (tertiary/aromatic N) is 2. The van der Waals surface area contributed by atoms with E-state index in [4.69, 9.17) is 9.47 Å². The third-order valence-corrected chi connectivity index (χ3v) is 6.47. The SMILES string of the molecule is FC1(CN2CCOCC2)CCCCC1.FC1(CN2CCOCC2)CCNCC1. The minimum Gasteiger partial charge on any atom is -0.379 e. The van der Waals surface area contributed by atoms with Crippen LogP contribution in [0.4, 0.5) is 8.78 Å². The Morgan fingerprint density at radius 3 is 1.54 bits per heavy atom. The molecule has 1 saturated carbocycles. The Balaban J connectivity index is 0.000000161. The summed E-state index contributed by atoms with van der Waals surface area (Å²) >= 11 is 0. The maximum absolute atomic E-state index is 14.3. The zero-order valence-electron chi connectivity index (χ0n) is 17.4. The molecule has 0 bridgehead atoms. The summed E-state index contributed by atoms with van der Waals surface area (Å²) in [6.45, 7) is 9.53. The molecule has 0 radical (unpaired) electrons. The predicted octanol–water partition coefficient (Wildman–Crippen LogP) is 2.40. The number of hydrogen-bond acceptors (Lipinski definition) is 5. The van der Waals surface area contributed by atoms with E-state index in [0.717, 1.165) is 91.4 Å². The molecule has 3 aliphatic heterocycles. The van der Waals surface area contributed by atoms with Gasteiger partial charge >= 0.3 is 0 Å². The summed E-state index contributed by atoms with van der Waals surface area (Å²) in [4.78, 5) is 4.41. The van der Waals surface area contributed by atoms with E-state index < -0.39 is 11.3 Å². The van der Waals surface area contributed by atoms with Crippen LogP contribution in [0.2, 0.25) is 0 Å². The molecule has 0 aromatic carbocycles. The number of nitrogens with one attached hydrogen (secondary N) is 1. The van der Waals surface area contributed by atoms with Gasteiger partial charge in [0, 0.05) is 39.3 Å². The molecular formula is C21H39F2N3O2. The normalized spacial score (nSPS) is 28.9. The molecule has 0 aromatic heterocycles. The van der Waals surface area contributed by atoms with Gasteiger partial charge in [-0.15, -0.1) is 0 Å². The second kappa shape index (κ2) is 11.2. The zero-order chi connectivity index (χ0) is 19.7. The van der Waals surface area contributed by atoms with Crippen molar-refractivity contribution in [2.45, 2.75) is 56.3 Å². The maximum Gasteiger partial charge on any atom is 0.126 e. The molecule has 4 fully saturated rings. The van der Waals surface area contributed by atoms with Crippen LogP contribution in [0, 0.1) is 0 Å². The lowest BCUT2D eigenvalue weighted by molar-refractivity contribution is -0.00616. The summed E-state index contributed by atoms with van der Waals surface area (Å²) in [7, 11) is 0. The monoisotopic (exact) mass is 403 g/mol. The van der Waals surface area contributed by atoms with Crippen molar-refractivity contribution < 1.29 is 18.3 Å². The van der Waals surface area contributed by atoms with Gasteiger partial charge < -0.3 is 14.8 Å². The first-order valence-corrected chi connectivity index (χ1v) is 11.3. The summed E-state index contributed by atoms with van der Waals surface area (Å²) < 4.78 is 39.0. The Bertz CT molecular complexity index is 391. The Hall–Kier alpha value is -0.340. The van der Waals surface area contributed by atoms with E-state index in [-0.39, 0.29) is 0 Å². The Morgan fingerprint density at radius 1 is 0.643 bits per heavy atom. The Morgan fingerprint density at radius 2 is 1.07 bits per heavy atom. The van der Waals surface area contributed by atoms with Crippen LogP contribution in [0.5, 0.6) is 0 Å². The molecule has 4 rings (SSSR count). The molecule has 1 N–H and O–H groups in total. The number of morpholine rings is 2. The average molecular weight is 404 g/mol. The molecule has 0 amide bonds. The molecule has 3 saturated heterocycles. The Labute approximate surface area is 169 Å². The largest absolute Gasteiger partial charge is 0.379 e. The number of rotatable bonds is 4. The van der Waals surface area contributed by atoms with Crippen LogP contribution in [0.1, 0.15) is 44.9 Å². The van der Waals surface area contributed by atoms with Gasteiger partial charge in [0.15, 0.2) is 0 Å². The van der Waals surface area contributed by atoms with E-state index in [1.807, 2.05) is 0 Å². The summed E-state index contributed by atoms with van der Waals surface area (Å²) in [5.74, 6) is 0. The van der Waals surface area contributed by atoms with Crippen LogP contribution in [-0.2, 0) is 9.47 Å². The van der Waals surface area contributed by atoms with Gasteiger partial charge in [-0.2, -0.15) is 0 Å². The van der Waals surface area contributed by atoms with E-state index in [1.165, 1.54) is 6.42 Å². The summed E-state index contributed by atoms with van der Waals surface area (Å²) in [6, 6.07) is 0. The minimum atomic E-state index is -0.956. The number of alkyl halides is 2. The highest BCUT2D eigenvalue weighted by atomic mass is 19.1. The van der Waals surface area contributed by atoms with E-state index in [2.05, 4.69) is 15.1 Å². The molecule has 0 unspecified atom stereocenters. The van der Waals surface area contributed by atoms with Gasteiger partial charge in [0.05, 0.1) is 26.4 Å². The molecule has 28 heavy (non-hydrogen) atoms. The fourth-order valence-corrected chi connectivity index (χ4v) is 4.70. The average Bonchev–Trinajstić information content (AvgIpc) is 2.70. The highest BCUT2D eigenvalue weighted by Crippen LogP contribution is 2.32. The second-order valence-electron chi connectivity index (χ2n) is 8.89. The molecule has 7 heteroatoms. The van der Waals surface area contributed by atoms with Crippen LogP contribution in [0.3, 0.4) is 0 Å². The van der Waals surface area contributed by atoms with Crippen LogP contribution in [0.25, 0.3) is 0 Å². The van der Waals surface area contributed by atoms with Crippen molar-refractivity contribution in [2.24, 2.45) is 0 Å². The third-order valence-electron chi connectivity index (χ3n) is 6.47. The first kappa shape index (κ1) is 22.3. The van der Waals surface area contributed by atoms with Crippen molar-refractivity contribution in [3.05, 3.63) is 0 Å². The number of halogens is 2. The van der Waals surface area contributed by atoms with Gasteiger partial charge in [-0.25, -0.2) is 8.78 Å². The van der Waals surface area contributed by atoms with Crippen molar-refractivity contribution in [3.8, 4) is 0 Å². The van der Waals surface area contributed by atoms with Gasteiger partial charge in [-0.1, -0.05) is 19.3 Å². The van der Waals surface area contributed by atoms with Crippen molar-refractivity contribution in [1.29, 1.82) is 0 Å². The van der Waals surface area contributed by atoms with Crippen LogP contribution in [0.15, 0.2) is 0 Å². The highest BCUT2D eigenvalue weighted by molar-refractivity contribution is 4.88. The number of hydrogen-bond donors (Lipinski definition) is 1. The van der Waals surface area contributed by atoms with Crippen molar-refractivity contribution >= 4 is 0 Å². The summed E-state index contributed by atoms with van der Waals surface area (Å²) in [5.41, 5.74) is -1.85. The van der Waals surface area contributed by atoms with Crippen LogP contribution >= 0.6 is 0 Å². The fraction of sp³-hybridized carbons (Fsp3) is 1.00. The van der Waals surface area contributed by atoms with Gasteiger partial charge in [0.25, 0.3) is 0 Å². The highest BCUT2D eigenvalue weighted by Gasteiger charge is 2.34. The lowest BCUT2D eigenvalue weighted by atomic mass is 9.86. The number of ether oxygens (including phenoxy) is 2. The van der Waals surface area contributed by atoms with Crippen LogP contribution in [-0.4, -0.2) is 99.9 Å². The smallest absolute Gasteiger partial charge is 0.126 e. The Kier molecular flexibility index (Phi) is 8.91. The quantitative estimate of drug-likeness (QED) is 0.780. The lowest BCUT2D eigenvalue weighted by Gasteiger charge is -2.36. The first-order valence-electron chi connectivity index (χ1n) is 11.3. The van der Waals surface area contributed by atoms with Gasteiger partial charge in [-0.3, -0.25) is 9.80 Å². The van der Waals surface area contributed by atoms with Gasteiger partial charge in [-0.05, 0) is 38.8 Å². The van der Waals surface area contributed by atoms with E-state index in [1.54, 1.807) is 0 Å². The lowest BCUT2D eigenvalue weighted by Crippen LogP contribution is -2.49. The third kappa shape index (κ3) is 7.48.